The highest BCUT2D eigenvalue weighted by Crippen LogP contribution is 2.22. The molecule has 0 heterocycles. The van der Waals surface area contributed by atoms with Crippen LogP contribution in [0.4, 0.5) is 5.69 Å². The van der Waals surface area contributed by atoms with Crippen molar-refractivity contribution in [2.24, 2.45) is 0 Å². The first-order valence-corrected chi connectivity index (χ1v) is 5.69. The second-order valence-electron chi connectivity index (χ2n) is 3.29. The maximum absolute atomic E-state index is 11.3. The van der Waals surface area contributed by atoms with E-state index in [4.69, 9.17) is 10.4 Å². The maximum atomic E-state index is 11.3. The Morgan fingerprint density at radius 3 is 2.83 bits per heavy atom. The third-order valence-corrected chi connectivity index (χ3v) is 2.43. The maximum Gasteiger partial charge on any atom is 0.328 e. The van der Waals surface area contributed by atoms with Crippen LogP contribution in [0.3, 0.4) is 0 Å². The number of aliphatic carboxylic acids is 1. The lowest BCUT2D eigenvalue weighted by Crippen LogP contribution is -2.11. The van der Waals surface area contributed by atoms with Gasteiger partial charge >= 0.3 is 5.97 Å². The van der Waals surface area contributed by atoms with E-state index in [2.05, 4.69) is 21.2 Å². The summed E-state index contributed by atoms with van der Waals surface area (Å²) in [5.74, 6) is -1.52. The number of amides is 1. The Labute approximate surface area is 112 Å². The van der Waals surface area contributed by atoms with Crippen molar-refractivity contribution in [3.63, 3.8) is 0 Å². The Hall–Kier alpha value is -2.13. The zero-order chi connectivity index (χ0) is 13.5. The Bertz CT molecular complexity index is 547. The largest absolute Gasteiger partial charge is 0.478 e. The van der Waals surface area contributed by atoms with Gasteiger partial charge < -0.3 is 10.4 Å². The second kappa shape index (κ2) is 6.57. The van der Waals surface area contributed by atoms with Crippen LogP contribution in [-0.4, -0.2) is 17.0 Å². The van der Waals surface area contributed by atoms with Crippen LogP contribution in [0, 0.1) is 11.3 Å². The first-order chi connectivity index (χ1) is 8.52. The Morgan fingerprint density at radius 2 is 2.22 bits per heavy atom. The van der Waals surface area contributed by atoms with Crippen molar-refractivity contribution < 1.29 is 14.7 Å². The monoisotopic (exact) mass is 308 g/mol. The molecular formula is C12H9BrN2O3. The molecule has 18 heavy (non-hydrogen) atoms. The number of carbonyl (C=O) groups is 2. The number of carboxylic acids is 1. The summed E-state index contributed by atoms with van der Waals surface area (Å²) in [6.45, 7) is 0. The summed E-state index contributed by atoms with van der Waals surface area (Å²) in [6, 6.07) is 6.75. The van der Waals surface area contributed by atoms with E-state index in [0.29, 0.717) is 11.3 Å². The molecule has 0 unspecified atom stereocenters. The van der Waals surface area contributed by atoms with Crippen molar-refractivity contribution in [3.8, 4) is 6.07 Å². The molecule has 0 aliphatic carbocycles. The van der Waals surface area contributed by atoms with Gasteiger partial charge in [-0.3, -0.25) is 4.79 Å². The molecule has 0 aromatic heterocycles. The number of nitrogens with zero attached hydrogens (tertiary/aromatic N) is 1. The van der Waals surface area contributed by atoms with E-state index in [-0.39, 0.29) is 6.42 Å². The number of halogens is 1. The number of anilines is 1. The predicted octanol–water partition coefficient (Wildman–Crippen LogP) is 2.40. The molecule has 1 aromatic carbocycles. The van der Waals surface area contributed by atoms with Gasteiger partial charge in [-0.1, -0.05) is 22.0 Å². The molecule has 2 N–H and O–H groups in total. The first kappa shape index (κ1) is 13.9. The van der Waals surface area contributed by atoms with Crippen molar-refractivity contribution in [1.82, 2.24) is 0 Å². The molecule has 0 aliphatic rings. The first-order valence-electron chi connectivity index (χ1n) is 4.90. The predicted molar refractivity (Wildman–Crippen MR) is 69.7 cm³/mol. The van der Waals surface area contributed by atoms with E-state index >= 15 is 0 Å². The van der Waals surface area contributed by atoms with Gasteiger partial charge in [0, 0.05) is 16.2 Å². The quantitative estimate of drug-likeness (QED) is 0.836. The molecular weight excluding hydrogens is 300 g/mol. The summed E-state index contributed by atoms with van der Waals surface area (Å²) in [7, 11) is 0. The molecule has 1 aromatic rings. The van der Waals surface area contributed by atoms with Crippen molar-refractivity contribution >= 4 is 39.6 Å². The zero-order valence-corrected chi connectivity index (χ0v) is 10.8. The molecule has 0 aliphatic heterocycles. The second-order valence-corrected chi connectivity index (χ2v) is 4.20. The number of benzene rings is 1. The lowest BCUT2D eigenvalue weighted by Gasteiger charge is -2.07. The minimum absolute atomic E-state index is 0.255. The molecule has 0 spiro atoms. The SMILES string of the molecule is N#CCC(=O)Nc1cc(Br)ccc1C=CC(=O)O. The molecule has 0 bridgehead atoms. The van der Waals surface area contributed by atoms with E-state index in [1.54, 1.807) is 24.3 Å². The highest BCUT2D eigenvalue weighted by Gasteiger charge is 2.06. The summed E-state index contributed by atoms with van der Waals surface area (Å²) in [5, 5.41) is 19.5. The van der Waals surface area contributed by atoms with Crippen molar-refractivity contribution in [3.05, 3.63) is 34.3 Å². The topological polar surface area (TPSA) is 90.2 Å². The van der Waals surface area contributed by atoms with Gasteiger partial charge in [0.1, 0.15) is 6.42 Å². The number of hydrogen-bond acceptors (Lipinski definition) is 3. The lowest BCUT2D eigenvalue weighted by atomic mass is 10.1. The number of carbonyl (C=O) groups excluding carboxylic acids is 1. The van der Waals surface area contributed by atoms with Crippen LogP contribution in [0.2, 0.25) is 0 Å². The number of carboxylic acid groups (broad SMARTS) is 1. The van der Waals surface area contributed by atoms with Gasteiger partial charge in [0.2, 0.25) is 5.91 Å². The summed E-state index contributed by atoms with van der Waals surface area (Å²) in [6.07, 6.45) is 2.09. The minimum atomic E-state index is -1.08. The third kappa shape index (κ3) is 4.39. The van der Waals surface area contributed by atoms with E-state index in [1.807, 2.05) is 0 Å². The Balaban J connectivity index is 3.00. The average Bonchev–Trinajstić information content (AvgIpc) is 2.28. The summed E-state index contributed by atoms with van der Waals surface area (Å²) in [5.41, 5.74) is 0.994. The molecule has 6 heteroatoms. The summed E-state index contributed by atoms with van der Waals surface area (Å²) in [4.78, 5) is 21.8. The summed E-state index contributed by atoms with van der Waals surface area (Å²) < 4.78 is 0.738. The fraction of sp³-hybridized carbons (Fsp3) is 0.0833. The smallest absolute Gasteiger partial charge is 0.328 e. The van der Waals surface area contributed by atoms with Crippen LogP contribution in [0.15, 0.2) is 28.7 Å². The molecule has 1 rings (SSSR count). The average molecular weight is 309 g/mol. The van der Waals surface area contributed by atoms with Gasteiger partial charge in [-0.05, 0) is 23.8 Å². The van der Waals surface area contributed by atoms with E-state index in [0.717, 1.165) is 10.5 Å². The zero-order valence-electron chi connectivity index (χ0n) is 9.18. The highest BCUT2D eigenvalue weighted by atomic mass is 79.9. The molecule has 1 amide bonds. The minimum Gasteiger partial charge on any atom is -0.478 e. The van der Waals surface area contributed by atoms with Crippen molar-refractivity contribution in [2.45, 2.75) is 6.42 Å². The standard InChI is InChI=1S/C12H9BrN2O3/c13-9-3-1-8(2-4-12(17)18)10(7-9)15-11(16)5-6-14/h1-4,7H,5H2,(H,15,16)(H,17,18). The van der Waals surface area contributed by atoms with E-state index in [1.165, 1.54) is 6.08 Å². The van der Waals surface area contributed by atoms with Gasteiger partial charge in [-0.25, -0.2) is 4.79 Å². The highest BCUT2D eigenvalue weighted by molar-refractivity contribution is 9.10. The number of hydrogen-bond donors (Lipinski definition) is 2. The van der Waals surface area contributed by atoms with Gasteiger partial charge in [0.05, 0.1) is 6.07 Å². The van der Waals surface area contributed by atoms with Crippen molar-refractivity contribution in [2.75, 3.05) is 5.32 Å². The molecule has 0 saturated carbocycles. The van der Waals surface area contributed by atoms with Crippen LogP contribution < -0.4 is 5.32 Å². The third-order valence-electron chi connectivity index (χ3n) is 1.93. The van der Waals surface area contributed by atoms with Gasteiger partial charge in [0.15, 0.2) is 0 Å². The summed E-state index contributed by atoms with van der Waals surface area (Å²) >= 11 is 3.25. The molecule has 92 valence electrons. The van der Waals surface area contributed by atoms with Crippen molar-refractivity contribution in [1.29, 1.82) is 5.26 Å². The van der Waals surface area contributed by atoms with Gasteiger partial charge in [-0.2, -0.15) is 5.26 Å². The van der Waals surface area contributed by atoms with Crippen LogP contribution in [0.1, 0.15) is 12.0 Å². The molecule has 0 radical (unpaired) electrons. The van der Waals surface area contributed by atoms with E-state index in [9.17, 15) is 9.59 Å². The molecule has 0 saturated heterocycles. The number of nitrogens with one attached hydrogen (secondary N) is 1. The molecule has 0 atom stereocenters. The molecule has 0 fully saturated rings. The Kier molecular flexibility index (Phi) is 5.08. The fourth-order valence-electron chi connectivity index (χ4n) is 1.21. The normalized spacial score (nSPS) is 10.0. The number of rotatable bonds is 4. The lowest BCUT2D eigenvalue weighted by molar-refractivity contribution is -0.131. The van der Waals surface area contributed by atoms with Crippen LogP contribution in [0.25, 0.3) is 6.08 Å². The Morgan fingerprint density at radius 1 is 1.50 bits per heavy atom. The van der Waals surface area contributed by atoms with E-state index < -0.39 is 11.9 Å². The van der Waals surface area contributed by atoms with Gasteiger partial charge in [-0.15, -0.1) is 0 Å². The van der Waals surface area contributed by atoms with Gasteiger partial charge in [0.25, 0.3) is 0 Å². The van der Waals surface area contributed by atoms with Crippen LogP contribution in [0.5, 0.6) is 0 Å². The molecule has 5 nitrogen and oxygen atoms in total. The number of nitriles is 1. The fourth-order valence-corrected chi connectivity index (χ4v) is 1.57. The van der Waals surface area contributed by atoms with Crippen LogP contribution in [-0.2, 0) is 9.59 Å². The van der Waals surface area contributed by atoms with Crippen LogP contribution >= 0.6 is 15.9 Å².